The van der Waals surface area contributed by atoms with Crippen molar-refractivity contribution in [3.8, 4) is 0 Å². The zero-order valence-electron chi connectivity index (χ0n) is 24.5. The summed E-state index contributed by atoms with van der Waals surface area (Å²) in [6.45, 7) is 5.93. The fourth-order valence-corrected chi connectivity index (χ4v) is 6.07. The number of halogens is 2. The fraction of sp³-hybridized carbons (Fsp3) is 0.375. The van der Waals surface area contributed by atoms with E-state index in [9.17, 15) is 18.0 Å². The van der Waals surface area contributed by atoms with Gasteiger partial charge in [-0.15, -0.1) is 0 Å². The molecule has 0 aromatic heterocycles. The third-order valence-electron chi connectivity index (χ3n) is 7.17. The number of hydrogen-bond donors (Lipinski definition) is 1. The first kappa shape index (κ1) is 33.4. The molecule has 3 aromatic rings. The molecule has 42 heavy (non-hydrogen) atoms. The first-order valence-electron chi connectivity index (χ1n) is 14.0. The zero-order valence-corrected chi connectivity index (χ0v) is 26.8. The van der Waals surface area contributed by atoms with Gasteiger partial charge < -0.3 is 10.2 Å². The van der Waals surface area contributed by atoms with Crippen LogP contribution in [0.1, 0.15) is 49.8 Å². The molecule has 0 unspecified atom stereocenters. The van der Waals surface area contributed by atoms with Gasteiger partial charge in [0, 0.05) is 42.0 Å². The summed E-state index contributed by atoms with van der Waals surface area (Å²) >= 11 is 12.5. The monoisotopic (exact) mass is 631 g/mol. The lowest BCUT2D eigenvalue weighted by atomic mass is 10.0. The molecule has 0 aliphatic heterocycles. The van der Waals surface area contributed by atoms with Crippen LogP contribution in [-0.4, -0.2) is 50.0 Å². The van der Waals surface area contributed by atoms with Crippen LogP contribution < -0.4 is 9.62 Å². The number of hydrogen-bond acceptors (Lipinski definition) is 4. The minimum Gasteiger partial charge on any atom is -0.352 e. The molecule has 0 heterocycles. The quantitative estimate of drug-likeness (QED) is 0.223. The van der Waals surface area contributed by atoms with E-state index >= 15 is 0 Å². The van der Waals surface area contributed by atoms with Gasteiger partial charge in [-0.05, 0) is 67.6 Å². The number of rotatable bonds is 14. The maximum Gasteiger partial charge on any atom is 0.243 e. The molecule has 0 saturated carbocycles. The summed E-state index contributed by atoms with van der Waals surface area (Å²) in [6.07, 6.45) is 2.49. The molecule has 0 bridgehead atoms. The van der Waals surface area contributed by atoms with Gasteiger partial charge >= 0.3 is 0 Å². The number of amides is 2. The molecule has 1 N–H and O–H groups in total. The highest BCUT2D eigenvalue weighted by atomic mass is 35.5. The third-order valence-corrected chi connectivity index (χ3v) is 9.00. The topological polar surface area (TPSA) is 86.8 Å². The molecule has 2 amide bonds. The SMILES string of the molecule is CC[C@@H](C)NC(=O)[C@@H](Cc1ccccc1)N(Cc1cccc(Cl)c1)C(=O)CCCN(c1cccc(Cl)c1C)S(C)(=O)=O. The number of benzene rings is 3. The third kappa shape index (κ3) is 9.48. The molecule has 0 aliphatic carbocycles. The predicted molar refractivity (Wildman–Crippen MR) is 171 cm³/mol. The second-order valence-corrected chi connectivity index (χ2v) is 13.2. The first-order chi connectivity index (χ1) is 19.9. The van der Waals surface area contributed by atoms with E-state index in [4.69, 9.17) is 23.2 Å². The minimum atomic E-state index is -3.64. The highest BCUT2D eigenvalue weighted by Crippen LogP contribution is 2.28. The van der Waals surface area contributed by atoms with Gasteiger partial charge in [0.2, 0.25) is 21.8 Å². The first-order valence-corrected chi connectivity index (χ1v) is 16.6. The summed E-state index contributed by atoms with van der Waals surface area (Å²) in [7, 11) is -3.64. The van der Waals surface area contributed by atoms with Crippen LogP contribution in [0.2, 0.25) is 10.0 Å². The summed E-state index contributed by atoms with van der Waals surface area (Å²) in [5.74, 6) is -0.498. The van der Waals surface area contributed by atoms with Gasteiger partial charge in [0.05, 0.1) is 11.9 Å². The van der Waals surface area contributed by atoms with Gasteiger partial charge in [0.1, 0.15) is 6.04 Å². The van der Waals surface area contributed by atoms with Gasteiger partial charge in [-0.3, -0.25) is 13.9 Å². The summed E-state index contributed by atoms with van der Waals surface area (Å²) in [6, 6.07) is 21.0. The Morgan fingerprint density at radius 3 is 2.26 bits per heavy atom. The van der Waals surface area contributed by atoms with E-state index in [1.807, 2.05) is 56.3 Å². The Balaban J connectivity index is 1.91. The lowest BCUT2D eigenvalue weighted by molar-refractivity contribution is -0.141. The standard InChI is InChI=1S/C32H39Cl2N3O4S/c1-5-23(2)35-32(39)30(21-25-12-7-6-8-13-25)36(22-26-14-9-15-27(33)20-26)31(38)18-11-19-37(42(4,40)41)29-17-10-16-28(34)24(29)3/h6-10,12-17,20,23,30H,5,11,18-19,21-22H2,1-4H3,(H,35,39)/t23-,30-/m1/s1. The van der Waals surface area contributed by atoms with Crippen molar-refractivity contribution in [3.63, 3.8) is 0 Å². The van der Waals surface area contributed by atoms with Gasteiger partial charge in [0.25, 0.3) is 0 Å². The molecule has 2 atom stereocenters. The average Bonchev–Trinajstić information content (AvgIpc) is 2.94. The van der Waals surface area contributed by atoms with Crippen molar-refractivity contribution in [1.29, 1.82) is 0 Å². The van der Waals surface area contributed by atoms with Crippen molar-refractivity contribution >= 4 is 50.7 Å². The van der Waals surface area contributed by atoms with E-state index in [1.165, 1.54) is 4.31 Å². The number of nitrogens with zero attached hydrogens (tertiary/aromatic N) is 2. The van der Waals surface area contributed by atoms with Crippen LogP contribution in [0.3, 0.4) is 0 Å². The van der Waals surface area contributed by atoms with Gasteiger partial charge in [0.15, 0.2) is 0 Å². The van der Waals surface area contributed by atoms with Crippen molar-refractivity contribution < 1.29 is 18.0 Å². The summed E-state index contributed by atoms with van der Waals surface area (Å²) < 4.78 is 26.7. The molecule has 7 nitrogen and oxygen atoms in total. The second-order valence-electron chi connectivity index (χ2n) is 10.5. The number of carbonyl (C=O) groups is 2. The molecule has 0 spiro atoms. The molecule has 0 fully saturated rings. The second kappa shape index (κ2) is 15.4. The van der Waals surface area contributed by atoms with E-state index in [-0.39, 0.29) is 43.8 Å². The van der Waals surface area contributed by atoms with Crippen LogP contribution in [0, 0.1) is 6.92 Å². The number of sulfonamides is 1. The molecule has 226 valence electrons. The number of carbonyl (C=O) groups excluding carboxylic acids is 2. The predicted octanol–water partition coefficient (Wildman–Crippen LogP) is 6.40. The maximum atomic E-state index is 13.9. The van der Waals surface area contributed by atoms with Gasteiger partial charge in [-0.2, -0.15) is 0 Å². The molecule has 0 radical (unpaired) electrons. The van der Waals surface area contributed by atoms with Crippen molar-refractivity contribution in [2.45, 2.75) is 65.1 Å². The molecule has 10 heteroatoms. The molecular formula is C32H39Cl2N3O4S. The van der Waals surface area contributed by atoms with Crippen LogP contribution in [0.4, 0.5) is 5.69 Å². The van der Waals surface area contributed by atoms with Gasteiger partial charge in [-0.25, -0.2) is 8.42 Å². The lowest BCUT2D eigenvalue weighted by Gasteiger charge is -2.33. The smallest absolute Gasteiger partial charge is 0.243 e. The number of nitrogens with one attached hydrogen (secondary N) is 1. The lowest BCUT2D eigenvalue weighted by Crippen LogP contribution is -2.52. The Bertz CT molecular complexity index is 1470. The Morgan fingerprint density at radius 1 is 0.952 bits per heavy atom. The minimum absolute atomic E-state index is 0.0358. The summed E-state index contributed by atoms with van der Waals surface area (Å²) in [5, 5.41) is 4.04. The van der Waals surface area contributed by atoms with Crippen molar-refractivity contribution in [1.82, 2.24) is 10.2 Å². The van der Waals surface area contributed by atoms with E-state index in [2.05, 4.69) is 5.32 Å². The van der Waals surface area contributed by atoms with E-state index in [0.29, 0.717) is 27.7 Å². The van der Waals surface area contributed by atoms with Crippen LogP contribution in [0.5, 0.6) is 0 Å². The highest BCUT2D eigenvalue weighted by molar-refractivity contribution is 7.92. The largest absolute Gasteiger partial charge is 0.352 e. The van der Waals surface area contributed by atoms with Crippen LogP contribution in [0.15, 0.2) is 72.8 Å². The fourth-order valence-electron chi connectivity index (χ4n) is 4.68. The molecule has 0 aliphatic rings. The maximum absolute atomic E-state index is 13.9. The normalized spacial score (nSPS) is 12.8. The Hall–Kier alpha value is -3.07. The molecular weight excluding hydrogens is 593 g/mol. The Kier molecular flexibility index (Phi) is 12.3. The molecule has 3 aromatic carbocycles. The van der Waals surface area contributed by atoms with E-state index in [0.717, 1.165) is 23.8 Å². The van der Waals surface area contributed by atoms with Gasteiger partial charge in [-0.1, -0.05) is 78.7 Å². The van der Waals surface area contributed by atoms with E-state index < -0.39 is 16.1 Å². The molecule has 3 rings (SSSR count). The van der Waals surface area contributed by atoms with Crippen LogP contribution in [0.25, 0.3) is 0 Å². The highest BCUT2D eigenvalue weighted by Gasteiger charge is 2.31. The van der Waals surface area contributed by atoms with Crippen LogP contribution in [-0.2, 0) is 32.6 Å². The zero-order chi connectivity index (χ0) is 30.9. The average molecular weight is 633 g/mol. The number of anilines is 1. The summed E-state index contributed by atoms with van der Waals surface area (Å²) in [5.41, 5.74) is 2.83. The van der Waals surface area contributed by atoms with E-state index in [1.54, 1.807) is 42.2 Å². The summed E-state index contributed by atoms with van der Waals surface area (Å²) in [4.78, 5) is 29.2. The van der Waals surface area contributed by atoms with Crippen molar-refractivity contribution in [2.75, 3.05) is 17.1 Å². The van der Waals surface area contributed by atoms with Crippen molar-refractivity contribution in [3.05, 3.63) is 99.5 Å². The molecule has 0 saturated heterocycles. The van der Waals surface area contributed by atoms with Crippen molar-refractivity contribution in [2.24, 2.45) is 0 Å². The Morgan fingerprint density at radius 2 is 1.62 bits per heavy atom. The van der Waals surface area contributed by atoms with Crippen LogP contribution >= 0.6 is 23.2 Å². The Labute approximate surface area is 259 Å².